The van der Waals surface area contributed by atoms with Crippen LogP contribution in [-0.2, 0) is 9.31 Å². The van der Waals surface area contributed by atoms with Crippen molar-refractivity contribution in [2.45, 2.75) is 57.6 Å². The standard InChI is InChI=1S/C14H24BNO2/c1-13(2)9-6-11(13)14(3)12(7-9)17-15(18-14)10-4-5-16-8-10/h9-12,16H,4-8H2,1-3H3/t9-,10+,11-,12+,14-/m0/s1. The third-order valence-electron chi connectivity index (χ3n) is 6.45. The summed E-state index contributed by atoms with van der Waals surface area (Å²) in [4.78, 5) is 0. The van der Waals surface area contributed by atoms with Crippen LogP contribution in [-0.4, -0.2) is 31.9 Å². The Morgan fingerprint density at radius 3 is 2.72 bits per heavy atom. The third-order valence-corrected chi connectivity index (χ3v) is 6.45. The average Bonchev–Trinajstić information content (AvgIpc) is 2.92. The first kappa shape index (κ1) is 11.7. The summed E-state index contributed by atoms with van der Waals surface area (Å²) in [6, 6.07) is 0. The van der Waals surface area contributed by atoms with Crippen molar-refractivity contribution in [3.05, 3.63) is 0 Å². The predicted molar refractivity (Wildman–Crippen MR) is 71.3 cm³/mol. The Bertz CT molecular complexity index is 369. The van der Waals surface area contributed by atoms with Crippen LogP contribution in [0.2, 0.25) is 5.82 Å². The molecule has 5 rings (SSSR count). The van der Waals surface area contributed by atoms with Crippen molar-refractivity contribution in [1.29, 1.82) is 0 Å². The monoisotopic (exact) mass is 249 g/mol. The van der Waals surface area contributed by atoms with Crippen molar-refractivity contribution in [3.63, 3.8) is 0 Å². The third kappa shape index (κ3) is 1.32. The second-order valence-electron chi connectivity index (χ2n) is 7.59. The quantitative estimate of drug-likeness (QED) is 0.722. The first-order valence-corrected chi connectivity index (χ1v) is 7.56. The lowest BCUT2D eigenvalue weighted by Gasteiger charge is -2.64. The number of hydrogen-bond donors (Lipinski definition) is 1. The second-order valence-corrected chi connectivity index (χ2v) is 7.59. The van der Waals surface area contributed by atoms with Crippen LogP contribution in [0.5, 0.6) is 0 Å². The highest BCUT2D eigenvalue weighted by Crippen LogP contribution is 2.66. The Labute approximate surface area is 110 Å². The minimum atomic E-state index is -0.0223. The van der Waals surface area contributed by atoms with E-state index in [0.717, 1.165) is 19.0 Å². The van der Waals surface area contributed by atoms with Gasteiger partial charge in [0.2, 0.25) is 0 Å². The van der Waals surface area contributed by atoms with Crippen molar-refractivity contribution in [2.24, 2.45) is 17.3 Å². The van der Waals surface area contributed by atoms with Crippen LogP contribution in [0.4, 0.5) is 0 Å². The van der Waals surface area contributed by atoms with Gasteiger partial charge in [-0.05, 0) is 56.5 Å². The highest BCUT2D eigenvalue weighted by Gasteiger charge is 2.68. The van der Waals surface area contributed by atoms with E-state index in [1.807, 2.05) is 0 Å². The fourth-order valence-corrected chi connectivity index (χ4v) is 5.01. The Morgan fingerprint density at radius 2 is 2.06 bits per heavy atom. The van der Waals surface area contributed by atoms with Crippen LogP contribution < -0.4 is 5.32 Å². The van der Waals surface area contributed by atoms with Gasteiger partial charge in [0.25, 0.3) is 0 Å². The molecule has 0 radical (unpaired) electrons. The van der Waals surface area contributed by atoms with Crippen molar-refractivity contribution in [2.75, 3.05) is 13.1 Å². The largest absolute Gasteiger partial charge is 0.462 e. The Hall–Kier alpha value is -0.0551. The van der Waals surface area contributed by atoms with Crippen LogP contribution in [0.15, 0.2) is 0 Å². The molecule has 3 saturated carbocycles. The lowest BCUT2D eigenvalue weighted by Crippen LogP contribution is -2.65. The highest BCUT2D eigenvalue weighted by molar-refractivity contribution is 6.47. The van der Waals surface area contributed by atoms with Crippen molar-refractivity contribution in [1.82, 2.24) is 5.32 Å². The van der Waals surface area contributed by atoms with E-state index in [1.165, 1.54) is 19.3 Å². The van der Waals surface area contributed by atoms with E-state index in [1.54, 1.807) is 0 Å². The average molecular weight is 249 g/mol. The lowest BCUT2D eigenvalue weighted by atomic mass is 9.43. The summed E-state index contributed by atoms with van der Waals surface area (Å²) in [7, 11) is 0.0464. The second kappa shape index (κ2) is 3.53. The van der Waals surface area contributed by atoms with Gasteiger partial charge in [-0.25, -0.2) is 0 Å². The minimum absolute atomic E-state index is 0.0223. The molecule has 0 aromatic heterocycles. The molecule has 0 aromatic carbocycles. The molecule has 0 unspecified atom stereocenters. The molecule has 3 nitrogen and oxygen atoms in total. The molecular weight excluding hydrogens is 225 g/mol. The van der Waals surface area contributed by atoms with Crippen molar-refractivity contribution in [3.8, 4) is 0 Å². The van der Waals surface area contributed by atoms with Crippen LogP contribution in [0.3, 0.4) is 0 Å². The van der Waals surface area contributed by atoms with Gasteiger partial charge in [0.15, 0.2) is 0 Å². The molecule has 0 amide bonds. The van der Waals surface area contributed by atoms with Gasteiger partial charge in [-0.1, -0.05) is 13.8 Å². The Balaban J connectivity index is 1.57. The van der Waals surface area contributed by atoms with E-state index in [0.29, 0.717) is 23.3 Å². The topological polar surface area (TPSA) is 30.5 Å². The predicted octanol–water partition coefficient (Wildman–Crippen LogP) is 2.08. The molecule has 3 aliphatic carbocycles. The first-order chi connectivity index (χ1) is 8.52. The van der Waals surface area contributed by atoms with Gasteiger partial charge >= 0.3 is 7.12 Å². The maximum absolute atomic E-state index is 6.46. The first-order valence-electron chi connectivity index (χ1n) is 7.56. The van der Waals surface area contributed by atoms with Gasteiger partial charge in [-0.3, -0.25) is 0 Å². The van der Waals surface area contributed by atoms with Crippen LogP contribution in [0.25, 0.3) is 0 Å². The SMILES string of the molecule is CC1(C)[C@@H]2C[C@H]3OB([C@@H]4CCNC4)O[C@@]3(C)[C@H]1C2. The molecule has 5 aliphatic rings. The molecule has 2 bridgehead atoms. The zero-order valence-electron chi connectivity index (χ0n) is 11.7. The van der Waals surface area contributed by atoms with Gasteiger partial charge < -0.3 is 14.6 Å². The number of rotatable bonds is 1. The summed E-state index contributed by atoms with van der Waals surface area (Å²) in [6.45, 7) is 9.32. The normalized spacial score (nSPS) is 53.2. The summed E-state index contributed by atoms with van der Waals surface area (Å²) >= 11 is 0. The summed E-state index contributed by atoms with van der Waals surface area (Å²) in [5.41, 5.74) is 0.433. The molecular formula is C14H24BNO2. The van der Waals surface area contributed by atoms with Gasteiger partial charge in [0.1, 0.15) is 0 Å². The van der Waals surface area contributed by atoms with Crippen molar-refractivity contribution < 1.29 is 9.31 Å². The van der Waals surface area contributed by atoms with Crippen LogP contribution in [0.1, 0.15) is 40.0 Å². The number of hydrogen-bond acceptors (Lipinski definition) is 3. The molecule has 18 heavy (non-hydrogen) atoms. The van der Waals surface area contributed by atoms with Gasteiger partial charge in [-0.2, -0.15) is 0 Å². The molecule has 4 heteroatoms. The molecule has 2 aliphatic heterocycles. The molecule has 2 heterocycles. The summed E-state index contributed by atoms with van der Waals surface area (Å²) in [5, 5.41) is 3.42. The molecule has 0 aromatic rings. The fourth-order valence-electron chi connectivity index (χ4n) is 5.01. The van der Waals surface area contributed by atoms with E-state index in [2.05, 4.69) is 26.1 Å². The summed E-state index contributed by atoms with van der Waals surface area (Å²) < 4.78 is 12.7. The van der Waals surface area contributed by atoms with E-state index in [4.69, 9.17) is 9.31 Å². The summed E-state index contributed by atoms with van der Waals surface area (Å²) in [5.74, 6) is 2.10. The maximum atomic E-state index is 6.46. The van der Waals surface area contributed by atoms with Gasteiger partial charge in [0.05, 0.1) is 11.7 Å². The van der Waals surface area contributed by atoms with Gasteiger partial charge in [0, 0.05) is 5.82 Å². The molecule has 0 spiro atoms. The Morgan fingerprint density at radius 1 is 1.22 bits per heavy atom. The molecule has 1 N–H and O–H groups in total. The Kier molecular flexibility index (Phi) is 2.30. The zero-order valence-corrected chi connectivity index (χ0v) is 11.7. The summed E-state index contributed by atoms with van der Waals surface area (Å²) in [6.07, 6.45) is 4.10. The zero-order chi connectivity index (χ0) is 12.5. The smallest absolute Gasteiger partial charge is 0.405 e. The van der Waals surface area contributed by atoms with E-state index < -0.39 is 0 Å². The van der Waals surface area contributed by atoms with Crippen molar-refractivity contribution >= 4 is 7.12 Å². The highest BCUT2D eigenvalue weighted by atomic mass is 16.7. The minimum Gasteiger partial charge on any atom is -0.405 e. The fraction of sp³-hybridized carbons (Fsp3) is 1.00. The van der Waals surface area contributed by atoms with Crippen LogP contribution >= 0.6 is 0 Å². The molecule has 5 atom stereocenters. The molecule has 2 saturated heterocycles. The van der Waals surface area contributed by atoms with E-state index in [-0.39, 0.29) is 12.7 Å². The molecule has 5 fully saturated rings. The number of nitrogens with one attached hydrogen (secondary N) is 1. The maximum Gasteiger partial charge on any atom is 0.462 e. The molecule has 100 valence electrons. The lowest BCUT2D eigenvalue weighted by molar-refractivity contribution is -0.199. The van der Waals surface area contributed by atoms with Crippen LogP contribution in [0, 0.1) is 17.3 Å². The van der Waals surface area contributed by atoms with Gasteiger partial charge in [-0.15, -0.1) is 0 Å². The van der Waals surface area contributed by atoms with E-state index >= 15 is 0 Å². The van der Waals surface area contributed by atoms with E-state index in [9.17, 15) is 0 Å².